The summed E-state index contributed by atoms with van der Waals surface area (Å²) in [5, 5.41) is 6.61. The molecule has 4 rings (SSSR count). The van der Waals surface area contributed by atoms with Crippen molar-refractivity contribution in [3.63, 3.8) is 0 Å². The molecule has 1 amide bonds. The number of aromatic amines is 1. The van der Waals surface area contributed by atoms with Crippen LogP contribution in [0.1, 0.15) is 28.8 Å². The first-order chi connectivity index (χ1) is 11.2. The van der Waals surface area contributed by atoms with E-state index in [1.807, 2.05) is 4.90 Å². The number of rotatable bonds is 3. The van der Waals surface area contributed by atoms with E-state index in [1.165, 1.54) is 12.0 Å². The summed E-state index contributed by atoms with van der Waals surface area (Å²) < 4.78 is 0. The lowest BCUT2D eigenvalue weighted by Crippen LogP contribution is -2.33. The van der Waals surface area contributed by atoms with Crippen molar-refractivity contribution in [2.45, 2.75) is 19.4 Å². The molecule has 5 nitrogen and oxygen atoms in total. The lowest BCUT2D eigenvalue weighted by atomic mass is 9.86. The van der Waals surface area contributed by atoms with Gasteiger partial charge in [0.15, 0.2) is 0 Å². The van der Waals surface area contributed by atoms with Crippen LogP contribution in [0.5, 0.6) is 0 Å². The molecule has 1 aromatic heterocycles. The van der Waals surface area contributed by atoms with Crippen LogP contribution in [0, 0.1) is 5.41 Å². The van der Waals surface area contributed by atoms with Crippen LogP contribution in [0.4, 0.5) is 0 Å². The summed E-state index contributed by atoms with van der Waals surface area (Å²) in [5.74, 6) is 0.108. The van der Waals surface area contributed by atoms with Gasteiger partial charge in [-0.2, -0.15) is 5.10 Å². The zero-order valence-corrected chi connectivity index (χ0v) is 13.2. The van der Waals surface area contributed by atoms with Gasteiger partial charge in [0.2, 0.25) is 0 Å². The lowest BCUT2D eigenvalue weighted by molar-refractivity contribution is 0.0773. The molecular formula is C18H22N4O. The quantitative estimate of drug-likeness (QED) is 0.945. The first kappa shape index (κ1) is 14.5. The molecule has 1 unspecified atom stereocenters. The molecule has 23 heavy (non-hydrogen) atoms. The Hall–Kier alpha value is -2.14. The summed E-state index contributed by atoms with van der Waals surface area (Å²) in [7, 11) is 0. The fourth-order valence-electron chi connectivity index (χ4n) is 4.00. The number of H-pyrrole nitrogens is 1. The molecule has 2 fully saturated rings. The Morgan fingerprint density at radius 2 is 2.00 bits per heavy atom. The number of hydrogen-bond acceptors (Lipinski definition) is 3. The third kappa shape index (κ3) is 2.88. The normalized spacial score (nSPS) is 24.6. The third-order valence-corrected chi connectivity index (χ3v) is 5.24. The first-order valence-corrected chi connectivity index (χ1v) is 8.29. The standard InChI is InChI=1S/C18H22N4O/c23-17(16-10-19-20-11-16)22-9-7-18(14-22)6-8-21(13-18)12-15-4-2-1-3-5-15/h1-5,10-11H,6-9,12-14H2,(H,19,20). The average molecular weight is 310 g/mol. The summed E-state index contributed by atoms with van der Waals surface area (Å²) in [5.41, 5.74) is 2.32. The van der Waals surface area contributed by atoms with Crippen molar-refractivity contribution in [1.29, 1.82) is 0 Å². The van der Waals surface area contributed by atoms with Crippen LogP contribution in [0.15, 0.2) is 42.7 Å². The fraction of sp³-hybridized carbons (Fsp3) is 0.444. The molecule has 5 heteroatoms. The number of nitrogens with one attached hydrogen (secondary N) is 1. The van der Waals surface area contributed by atoms with Crippen molar-refractivity contribution in [3.05, 3.63) is 53.9 Å². The number of nitrogens with zero attached hydrogens (tertiary/aromatic N) is 3. The molecule has 1 aromatic carbocycles. The highest BCUT2D eigenvalue weighted by atomic mass is 16.2. The molecule has 2 aromatic rings. The molecule has 1 spiro atoms. The second-order valence-corrected chi connectivity index (χ2v) is 6.91. The summed E-state index contributed by atoms with van der Waals surface area (Å²) in [6, 6.07) is 10.6. The molecule has 1 atom stereocenters. The van der Waals surface area contributed by atoms with Crippen molar-refractivity contribution in [3.8, 4) is 0 Å². The molecule has 0 bridgehead atoms. The zero-order chi connectivity index (χ0) is 15.7. The van der Waals surface area contributed by atoms with Crippen LogP contribution >= 0.6 is 0 Å². The van der Waals surface area contributed by atoms with Crippen molar-refractivity contribution in [2.24, 2.45) is 5.41 Å². The van der Waals surface area contributed by atoms with Gasteiger partial charge >= 0.3 is 0 Å². The van der Waals surface area contributed by atoms with Gasteiger partial charge in [-0.05, 0) is 24.9 Å². The maximum absolute atomic E-state index is 12.5. The first-order valence-electron chi connectivity index (χ1n) is 8.29. The van der Waals surface area contributed by atoms with E-state index in [9.17, 15) is 4.79 Å². The molecular weight excluding hydrogens is 288 g/mol. The third-order valence-electron chi connectivity index (χ3n) is 5.24. The number of carbonyl (C=O) groups is 1. The Morgan fingerprint density at radius 3 is 2.78 bits per heavy atom. The maximum atomic E-state index is 12.5. The van der Waals surface area contributed by atoms with Gasteiger partial charge in [-0.3, -0.25) is 14.8 Å². The van der Waals surface area contributed by atoms with E-state index in [2.05, 4.69) is 45.4 Å². The topological polar surface area (TPSA) is 52.2 Å². The second kappa shape index (κ2) is 5.81. The van der Waals surface area contributed by atoms with E-state index in [4.69, 9.17) is 0 Å². The van der Waals surface area contributed by atoms with Gasteiger partial charge in [-0.15, -0.1) is 0 Å². The fourth-order valence-corrected chi connectivity index (χ4v) is 4.00. The van der Waals surface area contributed by atoms with Crippen molar-refractivity contribution in [2.75, 3.05) is 26.2 Å². The van der Waals surface area contributed by atoms with Crippen molar-refractivity contribution >= 4 is 5.91 Å². The highest BCUT2D eigenvalue weighted by Crippen LogP contribution is 2.40. The molecule has 3 heterocycles. The molecule has 0 radical (unpaired) electrons. The van der Waals surface area contributed by atoms with Gasteiger partial charge in [0, 0.05) is 37.8 Å². The summed E-state index contributed by atoms with van der Waals surface area (Å²) in [4.78, 5) is 17.0. The minimum atomic E-state index is 0.108. The van der Waals surface area contributed by atoms with Crippen LogP contribution in [0.3, 0.4) is 0 Å². The summed E-state index contributed by atoms with van der Waals surface area (Å²) in [6.07, 6.45) is 5.60. The molecule has 2 saturated heterocycles. The molecule has 120 valence electrons. The average Bonchev–Trinajstić information content (AvgIpc) is 3.31. The Morgan fingerprint density at radius 1 is 1.17 bits per heavy atom. The lowest BCUT2D eigenvalue weighted by Gasteiger charge is -2.24. The predicted molar refractivity (Wildman–Crippen MR) is 87.9 cm³/mol. The van der Waals surface area contributed by atoms with E-state index in [1.54, 1.807) is 12.4 Å². The monoisotopic (exact) mass is 310 g/mol. The van der Waals surface area contributed by atoms with E-state index in [0.29, 0.717) is 5.56 Å². The number of aromatic nitrogens is 2. The van der Waals surface area contributed by atoms with E-state index < -0.39 is 0 Å². The van der Waals surface area contributed by atoms with Gasteiger partial charge in [-0.1, -0.05) is 30.3 Å². The van der Waals surface area contributed by atoms with Crippen molar-refractivity contribution < 1.29 is 4.79 Å². The van der Waals surface area contributed by atoms with Crippen LogP contribution in [0.25, 0.3) is 0 Å². The van der Waals surface area contributed by atoms with Gasteiger partial charge in [0.25, 0.3) is 5.91 Å². The minimum Gasteiger partial charge on any atom is -0.338 e. The highest BCUT2D eigenvalue weighted by molar-refractivity contribution is 5.93. The number of likely N-dealkylation sites (tertiary alicyclic amines) is 2. The largest absolute Gasteiger partial charge is 0.338 e. The molecule has 0 saturated carbocycles. The van der Waals surface area contributed by atoms with Crippen LogP contribution in [-0.2, 0) is 6.54 Å². The van der Waals surface area contributed by atoms with Crippen molar-refractivity contribution in [1.82, 2.24) is 20.0 Å². The molecule has 0 aliphatic carbocycles. The van der Waals surface area contributed by atoms with Crippen LogP contribution in [0.2, 0.25) is 0 Å². The van der Waals surface area contributed by atoms with Gasteiger partial charge in [-0.25, -0.2) is 0 Å². The predicted octanol–water partition coefficient (Wildman–Crippen LogP) is 2.15. The molecule has 1 N–H and O–H groups in total. The van der Waals surface area contributed by atoms with Crippen LogP contribution in [-0.4, -0.2) is 52.1 Å². The van der Waals surface area contributed by atoms with Gasteiger partial charge < -0.3 is 4.90 Å². The van der Waals surface area contributed by atoms with E-state index in [0.717, 1.165) is 39.1 Å². The smallest absolute Gasteiger partial charge is 0.257 e. The van der Waals surface area contributed by atoms with E-state index >= 15 is 0 Å². The Labute approximate surface area is 136 Å². The van der Waals surface area contributed by atoms with Gasteiger partial charge in [0.05, 0.1) is 11.8 Å². The zero-order valence-electron chi connectivity index (χ0n) is 13.2. The Kier molecular flexibility index (Phi) is 3.65. The van der Waals surface area contributed by atoms with Gasteiger partial charge in [0.1, 0.15) is 0 Å². The Balaban J connectivity index is 1.38. The highest BCUT2D eigenvalue weighted by Gasteiger charge is 2.44. The van der Waals surface area contributed by atoms with E-state index in [-0.39, 0.29) is 11.3 Å². The second-order valence-electron chi connectivity index (χ2n) is 6.91. The molecule has 2 aliphatic rings. The minimum absolute atomic E-state index is 0.108. The number of amides is 1. The molecule has 2 aliphatic heterocycles. The van der Waals surface area contributed by atoms with Crippen LogP contribution < -0.4 is 0 Å². The number of hydrogen-bond donors (Lipinski definition) is 1. The number of benzene rings is 1. The summed E-state index contributed by atoms with van der Waals surface area (Å²) in [6.45, 7) is 4.98. The maximum Gasteiger partial charge on any atom is 0.257 e. The summed E-state index contributed by atoms with van der Waals surface area (Å²) >= 11 is 0. The SMILES string of the molecule is O=C(c1cn[nH]c1)N1CCC2(CCN(Cc3ccccc3)C2)C1. The number of carbonyl (C=O) groups excluding carboxylic acids is 1. The Bertz CT molecular complexity index is 670.